The number of rotatable bonds is 3. The fourth-order valence-electron chi connectivity index (χ4n) is 3.65. The molecule has 0 aliphatic carbocycles. The standard InChI is InChI=1S/C20H25N3OS/c1-15-7-9-16(10-8-15)17-18(19(24)22-11-3-2-4-12-22)25-20(21-17)23-13-5-6-14-23/h7-10H,2-6,11-14H2,1H3. The fraction of sp³-hybridized carbons (Fsp3) is 0.500. The molecule has 2 aliphatic heterocycles. The Kier molecular flexibility index (Phi) is 4.75. The molecule has 2 aliphatic rings. The summed E-state index contributed by atoms with van der Waals surface area (Å²) in [7, 11) is 0. The zero-order valence-electron chi connectivity index (χ0n) is 14.8. The van der Waals surface area contributed by atoms with Crippen molar-refractivity contribution in [1.82, 2.24) is 9.88 Å². The van der Waals surface area contributed by atoms with Crippen LogP contribution >= 0.6 is 11.3 Å². The Labute approximate surface area is 153 Å². The molecule has 0 radical (unpaired) electrons. The van der Waals surface area contributed by atoms with Gasteiger partial charge in [0.2, 0.25) is 0 Å². The van der Waals surface area contributed by atoms with Gasteiger partial charge in [0, 0.05) is 31.7 Å². The van der Waals surface area contributed by atoms with E-state index in [-0.39, 0.29) is 5.91 Å². The largest absolute Gasteiger partial charge is 0.348 e. The zero-order chi connectivity index (χ0) is 17.2. The molecular formula is C20H25N3OS. The average Bonchev–Trinajstić information content (AvgIpc) is 3.32. The Morgan fingerprint density at radius 1 is 0.960 bits per heavy atom. The van der Waals surface area contributed by atoms with Crippen molar-refractivity contribution in [1.29, 1.82) is 0 Å². The molecule has 0 saturated carbocycles. The Hall–Kier alpha value is -1.88. The van der Waals surface area contributed by atoms with Crippen LogP contribution in [0.5, 0.6) is 0 Å². The van der Waals surface area contributed by atoms with Crippen molar-refractivity contribution in [3.8, 4) is 11.3 Å². The molecule has 4 nitrogen and oxygen atoms in total. The number of thiazole rings is 1. The van der Waals surface area contributed by atoms with Gasteiger partial charge in [-0.1, -0.05) is 41.2 Å². The lowest BCUT2D eigenvalue weighted by Gasteiger charge is -2.26. The molecule has 0 unspecified atom stereocenters. The number of amides is 1. The highest BCUT2D eigenvalue weighted by Crippen LogP contribution is 2.36. The zero-order valence-corrected chi connectivity index (χ0v) is 15.6. The minimum Gasteiger partial charge on any atom is -0.348 e. The molecule has 0 N–H and O–H groups in total. The Morgan fingerprint density at radius 3 is 2.28 bits per heavy atom. The SMILES string of the molecule is Cc1ccc(-c2nc(N3CCCC3)sc2C(=O)N2CCCCC2)cc1. The molecule has 0 atom stereocenters. The number of aryl methyl sites for hydroxylation is 1. The van der Waals surface area contributed by atoms with E-state index >= 15 is 0 Å². The van der Waals surface area contributed by atoms with Crippen LogP contribution in [0.2, 0.25) is 0 Å². The van der Waals surface area contributed by atoms with Crippen molar-refractivity contribution in [3.05, 3.63) is 34.7 Å². The van der Waals surface area contributed by atoms with Crippen molar-refractivity contribution >= 4 is 22.4 Å². The second-order valence-electron chi connectivity index (χ2n) is 7.09. The second-order valence-corrected chi connectivity index (χ2v) is 8.06. The van der Waals surface area contributed by atoms with E-state index in [2.05, 4.69) is 36.1 Å². The van der Waals surface area contributed by atoms with E-state index in [1.54, 1.807) is 11.3 Å². The molecule has 1 aromatic carbocycles. The number of benzene rings is 1. The predicted molar refractivity (Wildman–Crippen MR) is 103 cm³/mol. The lowest BCUT2D eigenvalue weighted by molar-refractivity contribution is 0.0730. The van der Waals surface area contributed by atoms with Crippen LogP contribution in [0.25, 0.3) is 11.3 Å². The minimum absolute atomic E-state index is 0.165. The maximum absolute atomic E-state index is 13.2. The number of nitrogens with zero attached hydrogens (tertiary/aromatic N) is 3. The first-order valence-electron chi connectivity index (χ1n) is 9.34. The Bertz CT molecular complexity index is 741. The van der Waals surface area contributed by atoms with Gasteiger partial charge >= 0.3 is 0 Å². The molecule has 25 heavy (non-hydrogen) atoms. The Balaban J connectivity index is 1.71. The highest BCUT2D eigenvalue weighted by atomic mass is 32.1. The van der Waals surface area contributed by atoms with E-state index in [1.807, 2.05) is 4.90 Å². The van der Waals surface area contributed by atoms with Crippen LogP contribution in [-0.2, 0) is 0 Å². The van der Waals surface area contributed by atoms with Crippen molar-refractivity contribution in [2.75, 3.05) is 31.1 Å². The topological polar surface area (TPSA) is 36.4 Å². The monoisotopic (exact) mass is 355 g/mol. The molecule has 1 aromatic heterocycles. The second kappa shape index (κ2) is 7.16. The van der Waals surface area contributed by atoms with Crippen LogP contribution in [0.1, 0.15) is 47.3 Å². The van der Waals surface area contributed by atoms with Gasteiger partial charge < -0.3 is 9.80 Å². The number of hydrogen-bond acceptors (Lipinski definition) is 4. The van der Waals surface area contributed by atoms with Gasteiger partial charge in [-0.3, -0.25) is 4.79 Å². The minimum atomic E-state index is 0.165. The number of carbonyl (C=O) groups is 1. The fourth-order valence-corrected chi connectivity index (χ4v) is 4.75. The molecule has 3 heterocycles. The highest BCUT2D eigenvalue weighted by Gasteiger charge is 2.27. The summed E-state index contributed by atoms with van der Waals surface area (Å²) in [4.78, 5) is 23.2. The molecule has 2 saturated heterocycles. The Morgan fingerprint density at radius 2 is 1.60 bits per heavy atom. The molecular weight excluding hydrogens is 330 g/mol. The quantitative estimate of drug-likeness (QED) is 0.821. The van der Waals surface area contributed by atoms with Gasteiger partial charge in [0.25, 0.3) is 5.91 Å². The number of aromatic nitrogens is 1. The number of likely N-dealkylation sites (tertiary alicyclic amines) is 1. The third-order valence-electron chi connectivity index (χ3n) is 5.15. The van der Waals surface area contributed by atoms with E-state index in [0.29, 0.717) is 0 Å². The summed E-state index contributed by atoms with van der Waals surface area (Å²) in [6, 6.07) is 8.37. The van der Waals surface area contributed by atoms with Crippen LogP contribution in [-0.4, -0.2) is 42.0 Å². The lowest BCUT2D eigenvalue weighted by Crippen LogP contribution is -2.35. The van der Waals surface area contributed by atoms with E-state index in [4.69, 9.17) is 4.98 Å². The summed E-state index contributed by atoms with van der Waals surface area (Å²) in [6.45, 7) is 5.95. The van der Waals surface area contributed by atoms with E-state index in [1.165, 1.54) is 24.8 Å². The number of hydrogen-bond donors (Lipinski definition) is 0. The van der Waals surface area contributed by atoms with Gasteiger partial charge in [-0.25, -0.2) is 4.98 Å². The molecule has 5 heteroatoms. The van der Waals surface area contributed by atoms with Crippen LogP contribution in [0, 0.1) is 6.92 Å². The summed E-state index contributed by atoms with van der Waals surface area (Å²) in [5.74, 6) is 0.165. The number of anilines is 1. The van der Waals surface area contributed by atoms with Crippen LogP contribution in [0.15, 0.2) is 24.3 Å². The number of carbonyl (C=O) groups excluding carboxylic acids is 1. The van der Waals surface area contributed by atoms with E-state index in [0.717, 1.165) is 60.3 Å². The normalized spacial score (nSPS) is 18.0. The van der Waals surface area contributed by atoms with Gasteiger partial charge in [0.05, 0.1) is 5.69 Å². The van der Waals surface area contributed by atoms with Crippen molar-refractivity contribution in [2.24, 2.45) is 0 Å². The summed E-state index contributed by atoms with van der Waals surface area (Å²) < 4.78 is 0. The van der Waals surface area contributed by atoms with Gasteiger partial charge in [-0.15, -0.1) is 0 Å². The summed E-state index contributed by atoms with van der Waals surface area (Å²) in [6.07, 6.45) is 5.90. The molecule has 0 spiro atoms. The first-order valence-corrected chi connectivity index (χ1v) is 10.2. The van der Waals surface area contributed by atoms with Crippen molar-refractivity contribution in [3.63, 3.8) is 0 Å². The molecule has 0 bridgehead atoms. The third kappa shape index (κ3) is 3.43. The average molecular weight is 356 g/mol. The molecule has 2 aromatic rings. The molecule has 132 valence electrons. The first kappa shape index (κ1) is 16.6. The summed E-state index contributed by atoms with van der Waals surface area (Å²) in [5, 5.41) is 1.01. The predicted octanol–water partition coefficient (Wildman–Crippen LogP) is 4.34. The first-order chi connectivity index (χ1) is 12.2. The highest BCUT2D eigenvalue weighted by molar-refractivity contribution is 7.18. The third-order valence-corrected chi connectivity index (χ3v) is 6.26. The van der Waals surface area contributed by atoms with Crippen LogP contribution < -0.4 is 4.90 Å². The maximum Gasteiger partial charge on any atom is 0.266 e. The maximum atomic E-state index is 13.2. The van der Waals surface area contributed by atoms with Gasteiger partial charge in [-0.2, -0.15) is 0 Å². The van der Waals surface area contributed by atoms with E-state index < -0.39 is 0 Å². The molecule has 4 rings (SSSR count). The van der Waals surface area contributed by atoms with Gasteiger partial charge in [0.15, 0.2) is 5.13 Å². The molecule has 1 amide bonds. The van der Waals surface area contributed by atoms with Gasteiger partial charge in [-0.05, 0) is 39.0 Å². The summed E-state index contributed by atoms with van der Waals surface area (Å²) in [5.41, 5.74) is 3.14. The van der Waals surface area contributed by atoms with Crippen molar-refractivity contribution < 1.29 is 4.79 Å². The summed E-state index contributed by atoms with van der Waals surface area (Å²) >= 11 is 1.58. The van der Waals surface area contributed by atoms with Crippen LogP contribution in [0.4, 0.5) is 5.13 Å². The lowest BCUT2D eigenvalue weighted by atomic mass is 10.1. The van der Waals surface area contributed by atoms with Gasteiger partial charge in [0.1, 0.15) is 4.88 Å². The van der Waals surface area contributed by atoms with Crippen LogP contribution in [0.3, 0.4) is 0 Å². The van der Waals surface area contributed by atoms with E-state index in [9.17, 15) is 4.79 Å². The molecule has 2 fully saturated rings. The number of piperidine rings is 1. The van der Waals surface area contributed by atoms with Crippen molar-refractivity contribution in [2.45, 2.75) is 39.0 Å². The smallest absolute Gasteiger partial charge is 0.266 e.